The number of nitrogens with two attached hydrogens (primary N) is 1. The summed E-state index contributed by atoms with van der Waals surface area (Å²) in [5.41, 5.74) is 7.67. The lowest BCUT2D eigenvalue weighted by molar-refractivity contribution is 0.602. The highest BCUT2D eigenvalue weighted by Gasteiger charge is 2.11. The zero-order valence-corrected chi connectivity index (χ0v) is 10.5. The van der Waals surface area contributed by atoms with Gasteiger partial charge in [-0.1, -0.05) is 22.0 Å². The van der Waals surface area contributed by atoms with Crippen LogP contribution in [0.3, 0.4) is 0 Å². The van der Waals surface area contributed by atoms with Crippen LogP contribution >= 0.6 is 15.9 Å². The molecule has 0 radical (unpaired) electrons. The van der Waals surface area contributed by atoms with Crippen molar-refractivity contribution in [3.63, 3.8) is 0 Å². The third-order valence-corrected chi connectivity index (χ3v) is 2.89. The number of tetrazole rings is 1. The fraction of sp³-hybridized carbons (Fsp3) is 0.300. The van der Waals surface area contributed by atoms with Gasteiger partial charge in [-0.15, -0.1) is 5.10 Å². The summed E-state index contributed by atoms with van der Waals surface area (Å²) in [5, 5.41) is 11.6. The standard InChI is InChI=1S/C10H12BrN5/c1-7-2-3-8(9(11)6-7)10-13-14-15-16(10)5-4-12/h2-3,6H,4-5,12H2,1H3. The van der Waals surface area contributed by atoms with Crippen molar-refractivity contribution in [2.24, 2.45) is 5.73 Å². The highest BCUT2D eigenvalue weighted by molar-refractivity contribution is 9.10. The van der Waals surface area contributed by atoms with Crippen molar-refractivity contribution in [3.05, 3.63) is 28.2 Å². The zero-order valence-electron chi connectivity index (χ0n) is 8.89. The molecular weight excluding hydrogens is 270 g/mol. The van der Waals surface area contributed by atoms with Crippen LogP contribution in [0.1, 0.15) is 5.56 Å². The smallest absolute Gasteiger partial charge is 0.183 e. The molecule has 0 spiro atoms. The molecule has 2 aromatic rings. The molecule has 0 saturated carbocycles. The first-order valence-electron chi connectivity index (χ1n) is 4.95. The highest BCUT2D eigenvalue weighted by atomic mass is 79.9. The molecule has 0 unspecified atom stereocenters. The summed E-state index contributed by atoms with van der Waals surface area (Å²) in [6, 6.07) is 6.07. The van der Waals surface area contributed by atoms with Crippen molar-refractivity contribution in [1.29, 1.82) is 0 Å². The monoisotopic (exact) mass is 281 g/mol. The van der Waals surface area contributed by atoms with Gasteiger partial charge >= 0.3 is 0 Å². The Kier molecular flexibility index (Phi) is 3.31. The van der Waals surface area contributed by atoms with Crippen molar-refractivity contribution in [2.75, 3.05) is 6.54 Å². The van der Waals surface area contributed by atoms with Crippen LogP contribution in [0.25, 0.3) is 11.4 Å². The minimum atomic E-state index is 0.515. The first-order chi connectivity index (χ1) is 7.72. The summed E-state index contributed by atoms with van der Waals surface area (Å²) in [4.78, 5) is 0. The Bertz CT molecular complexity index is 494. The fourth-order valence-electron chi connectivity index (χ4n) is 1.47. The van der Waals surface area contributed by atoms with E-state index in [1.54, 1.807) is 4.68 Å². The maximum Gasteiger partial charge on any atom is 0.183 e. The SMILES string of the molecule is Cc1ccc(-c2nnnn2CCN)c(Br)c1. The number of aromatic nitrogens is 4. The molecule has 5 nitrogen and oxygen atoms in total. The number of nitrogens with zero attached hydrogens (tertiary/aromatic N) is 4. The molecule has 84 valence electrons. The molecule has 0 aliphatic rings. The molecule has 0 saturated heterocycles. The summed E-state index contributed by atoms with van der Waals surface area (Å²) in [5.74, 6) is 0.734. The van der Waals surface area contributed by atoms with Crippen molar-refractivity contribution in [3.8, 4) is 11.4 Å². The molecule has 1 aromatic heterocycles. The third kappa shape index (κ3) is 2.12. The Balaban J connectivity index is 2.46. The minimum Gasteiger partial charge on any atom is -0.329 e. The van der Waals surface area contributed by atoms with Crippen LogP contribution in [0.2, 0.25) is 0 Å². The highest BCUT2D eigenvalue weighted by Crippen LogP contribution is 2.26. The van der Waals surface area contributed by atoms with E-state index in [1.165, 1.54) is 5.56 Å². The van der Waals surface area contributed by atoms with Crippen LogP contribution in [0.15, 0.2) is 22.7 Å². The third-order valence-electron chi connectivity index (χ3n) is 2.24. The van der Waals surface area contributed by atoms with Crippen LogP contribution in [-0.2, 0) is 6.54 Å². The van der Waals surface area contributed by atoms with Gasteiger partial charge in [-0.2, -0.15) is 0 Å². The van der Waals surface area contributed by atoms with Gasteiger partial charge in [-0.3, -0.25) is 0 Å². The molecule has 1 heterocycles. The number of rotatable bonds is 3. The number of benzene rings is 1. The first kappa shape index (κ1) is 11.2. The molecule has 0 fully saturated rings. The normalized spacial score (nSPS) is 10.7. The second-order valence-corrected chi connectivity index (χ2v) is 4.35. The Morgan fingerprint density at radius 1 is 1.44 bits per heavy atom. The van der Waals surface area contributed by atoms with E-state index in [1.807, 2.05) is 25.1 Å². The Morgan fingerprint density at radius 2 is 2.25 bits per heavy atom. The van der Waals surface area contributed by atoms with Gasteiger partial charge < -0.3 is 5.73 Å². The number of halogens is 1. The van der Waals surface area contributed by atoms with Crippen LogP contribution in [0.5, 0.6) is 0 Å². The molecule has 2 N–H and O–H groups in total. The van der Waals surface area contributed by atoms with E-state index < -0.39 is 0 Å². The van der Waals surface area contributed by atoms with Crippen molar-refractivity contribution >= 4 is 15.9 Å². The van der Waals surface area contributed by atoms with Gasteiger partial charge in [0, 0.05) is 16.6 Å². The van der Waals surface area contributed by atoms with E-state index in [4.69, 9.17) is 5.73 Å². The maximum atomic E-state index is 5.50. The molecule has 0 aliphatic heterocycles. The predicted octanol–water partition coefficient (Wildman–Crippen LogP) is 1.37. The molecular formula is C10H12BrN5. The van der Waals surface area contributed by atoms with E-state index in [0.717, 1.165) is 15.9 Å². The average molecular weight is 282 g/mol. The van der Waals surface area contributed by atoms with E-state index in [2.05, 4.69) is 31.5 Å². The van der Waals surface area contributed by atoms with Gasteiger partial charge in [0.05, 0.1) is 6.54 Å². The number of aryl methyl sites for hydroxylation is 1. The summed E-state index contributed by atoms with van der Waals surface area (Å²) in [7, 11) is 0. The van der Waals surface area contributed by atoms with Crippen molar-refractivity contribution < 1.29 is 0 Å². The van der Waals surface area contributed by atoms with Crippen LogP contribution in [-0.4, -0.2) is 26.8 Å². The summed E-state index contributed by atoms with van der Waals surface area (Å²) in [6.07, 6.45) is 0. The minimum absolute atomic E-state index is 0.515. The van der Waals surface area contributed by atoms with Gasteiger partial charge in [-0.25, -0.2) is 4.68 Å². The first-order valence-corrected chi connectivity index (χ1v) is 5.74. The van der Waals surface area contributed by atoms with Gasteiger partial charge in [-0.05, 0) is 35.0 Å². The molecule has 1 aromatic carbocycles. The van der Waals surface area contributed by atoms with E-state index >= 15 is 0 Å². The predicted molar refractivity (Wildman–Crippen MR) is 64.7 cm³/mol. The van der Waals surface area contributed by atoms with E-state index in [0.29, 0.717) is 13.1 Å². The van der Waals surface area contributed by atoms with Gasteiger partial charge in [0.1, 0.15) is 0 Å². The van der Waals surface area contributed by atoms with Gasteiger partial charge in [0.25, 0.3) is 0 Å². The van der Waals surface area contributed by atoms with Crippen molar-refractivity contribution in [2.45, 2.75) is 13.5 Å². The number of hydrogen-bond acceptors (Lipinski definition) is 4. The lowest BCUT2D eigenvalue weighted by Crippen LogP contribution is -2.12. The molecule has 6 heteroatoms. The second kappa shape index (κ2) is 4.71. The van der Waals surface area contributed by atoms with Crippen molar-refractivity contribution in [1.82, 2.24) is 20.2 Å². The zero-order chi connectivity index (χ0) is 11.5. The van der Waals surface area contributed by atoms with Gasteiger partial charge in [0.2, 0.25) is 0 Å². The largest absolute Gasteiger partial charge is 0.329 e. The van der Waals surface area contributed by atoms with Crippen LogP contribution < -0.4 is 5.73 Å². The molecule has 0 amide bonds. The van der Waals surface area contributed by atoms with Gasteiger partial charge in [0.15, 0.2) is 5.82 Å². The Morgan fingerprint density at radius 3 is 2.94 bits per heavy atom. The maximum absolute atomic E-state index is 5.50. The van der Waals surface area contributed by atoms with Crippen LogP contribution in [0.4, 0.5) is 0 Å². The average Bonchev–Trinajstić information content (AvgIpc) is 2.67. The van der Waals surface area contributed by atoms with E-state index in [9.17, 15) is 0 Å². The lowest BCUT2D eigenvalue weighted by atomic mass is 10.1. The molecule has 0 bridgehead atoms. The Hall–Kier alpha value is -1.27. The quantitative estimate of drug-likeness (QED) is 0.923. The summed E-state index contributed by atoms with van der Waals surface area (Å²) >= 11 is 3.51. The molecule has 0 aliphatic carbocycles. The second-order valence-electron chi connectivity index (χ2n) is 3.50. The fourth-order valence-corrected chi connectivity index (χ4v) is 2.14. The van der Waals surface area contributed by atoms with Crippen LogP contribution in [0, 0.1) is 6.92 Å². The lowest BCUT2D eigenvalue weighted by Gasteiger charge is -2.05. The summed E-state index contributed by atoms with van der Waals surface area (Å²) in [6.45, 7) is 3.17. The molecule has 0 atom stereocenters. The number of hydrogen-bond donors (Lipinski definition) is 1. The molecule has 2 rings (SSSR count). The molecule has 16 heavy (non-hydrogen) atoms. The summed E-state index contributed by atoms with van der Waals surface area (Å²) < 4.78 is 2.69. The Labute approximate surface area is 102 Å². The van der Waals surface area contributed by atoms with E-state index in [-0.39, 0.29) is 0 Å². The topological polar surface area (TPSA) is 69.6 Å².